The summed E-state index contributed by atoms with van der Waals surface area (Å²) in [6.07, 6.45) is 1.67. The molecule has 5 nitrogen and oxygen atoms in total. The third-order valence-electron chi connectivity index (χ3n) is 3.39. The fourth-order valence-corrected chi connectivity index (χ4v) is 3.85. The Labute approximate surface area is 155 Å². The number of nitrogens with zero attached hydrogens (tertiary/aromatic N) is 2. The van der Waals surface area contributed by atoms with Gasteiger partial charge < -0.3 is 5.11 Å². The minimum Gasteiger partial charge on any atom is -0.506 e. The van der Waals surface area contributed by atoms with Crippen LogP contribution in [-0.4, -0.2) is 15.1 Å². The number of benzene rings is 2. The number of pyridine rings is 2. The van der Waals surface area contributed by atoms with E-state index in [9.17, 15) is 11.2 Å². The summed E-state index contributed by atoms with van der Waals surface area (Å²) >= 11 is 2.19. The van der Waals surface area contributed by atoms with Crippen LogP contribution in [0.3, 0.4) is 0 Å². The van der Waals surface area contributed by atoms with Crippen LogP contribution in [0.25, 0.3) is 21.8 Å². The lowest BCUT2D eigenvalue weighted by Crippen LogP contribution is -1.85. The largest absolute Gasteiger partial charge is 0.506 e. The fraction of sp³-hybridized carbons (Fsp3) is 0. The molecule has 0 saturated carbocycles. The minimum absolute atomic E-state index is 0.0227. The quantitative estimate of drug-likeness (QED) is 0.308. The second-order valence-electron chi connectivity index (χ2n) is 5.02. The Balaban J connectivity index is 0.000000150. The molecule has 4 aromatic rings. The highest BCUT2D eigenvalue weighted by Crippen LogP contribution is 2.27. The van der Waals surface area contributed by atoms with Crippen molar-refractivity contribution in [1.82, 2.24) is 9.97 Å². The van der Waals surface area contributed by atoms with E-state index in [1.165, 1.54) is 0 Å². The molecule has 7 heteroatoms. The number of fused-ring (bicyclic) bond motifs is 2. The monoisotopic (exact) mass is 466 g/mol. The van der Waals surface area contributed by atoms with Crippen molar-refractivity contribution in [3.63, 3.8) is 0 Å². The Hall–Kier alpha value is -2.32. The lowest BCUT2D eigenvalue weighted by Gasteiger charge is -1.98. The van der Waals surface area contributed by atoms with E-state index in [1.807, 2.05) is 30.3 Å². The predicted octanol–water partition coefficient (Wildman–Crippen LogP) is 5.20. The van der Waals surface area contributed by atoms with Gasteiger partial charge in [0.1, 0.15) is 11.3 Å². The summed E-state index contributed by atoms with van der Waals surface area (Å²) in [6.45, 7) is 0. The van der Waals surface area contributed by atoms with Crippen molar-refractivity contribution < 1.29 is 11.2 Å². The molecule has 0 aliphatic heterocycles. The maximum Gasteiger partial charge on any atom is 0.361 e. The molecule has 2 heterocycles. The molecule has 0 spiro atoms. The van der Waals surface area contributed by atoms with Crippen LogP contribution in [0.15, 0.2) is 66.9 Å². The van der Waals surface area contributed by atoms with E-state index in [-0.39, 0.29) is 14.5 Å². The van der Waals surface area contributed by atoms with E-state index >= 15 is 0 Å². The van der Waals surface area contributed by atoms with Gasteiger partial charge in [0.15, 0.2) is 3.70 Å². The Morgan fingerprint density at radius 3 is 2.40 bits per heavy atom. The number of aromatic nitrogens is 2. The summed E-state index contributed by atoms with van der Waals surface area (Å²) in [5, 5.41) is 11.3. The first-order valence-corrected chi connectivity index (χ1v) is 10.4. The lowest BCUT2D eigenvalue weighted by molar-refractivity contribution is 0.480. The Morgan fingerprint density at radius 1 is 0.920 bits per heavy atom. The van der Waals surface area contributed by atoms with Gasteiger partial charge in [-0.2, -0.15) is 0 Å². The predicted molar refractivity (Wildman–Crippen MR) is 104 cm³/mol. The molecule has 25 heavy (non-hydrogen) atoms. The number of hydrogen-bond donors (Lipinski definition) is 1. The molecule has 0 fully saturated rings. The number of aromatic hydroxyl groups is 1. The van der Waals surface area contributed by atoms with Crippen LogP contribution in [0.1, 0.15) is 0 Å². The van der Waals surface area contributed by atoms with Crippen molar-refractivity contribution in [1.29, 1.82) is 0 Å². The number of halogens is 2. The van der Waals surface area contributed by atoms with Crippen LogP contribution in [0.5, 0.6) is 5.75 Å². The molecule has 0 atom stereocenters. The van der Waals surface area contributed by atoms with Gasteiger partial charge >= 0.3 is 19.8 Å². The highest BCUT2D eigenvalue weighted by Gasteiger charge is 2.08. The van der Waals surface area contributed by atoms with Crippen molar-refractivity contribution in [3.05, 3.63) is 75.6 Å². The molecule has 0 aliphatic carbocycles. The standard InChI is InChI=1S/C9H5ClINO2.C9H7NO/c10-7-5-6-3-1-2-4-8(6)12-9(7)11(13)14;11-8-5-1-3-7-4-2-6-10-9(7)8/h1-5H;1-6,11H. The summed E-state index contributed by atoms with van der Waals surface area (Å²) in [4.78, 5) is 8.02. The third kappa shape index (κ3) is 4.02. The summed E-state index contributed by atoms with van der Waals surface area (Å²) < 4.78 is 21.7. The van der Waals surface area contributed by atoms with E-state index in [0.29, 0.717) is 11.0 Å². The number of phenols is 1. The van der Waals surface area contributed by atoms with Gasteiger partial charge in [0.2, 0.25) is 0 Å². The SMILES string of the molecule is O=I(=O)c1nc2ccccc2cc1Cl.Oc1cccc2cccnc12. The van der Waals surface area contributed by atoms with Gasteiger partial charge in [0.25, 0.3) is 0 Å². The van der Waals surface area contributed by atoms with Gasteiger partial charge in [-0.3, -0.25) is 4.98 Å². The second kappa shape index (κ2) is 7.71. The van der Waals surface area contributed by atoms with Crippen molar-refractivity contribution in [2.24, 2.45) is 0 Å². The Kier molecular flexibility index (Phi) is 5.40. The highest BCUT2D eigenvalue weighted by molar-refractivity contribution is 14.2. The average Bonchev–Trinajstić information content (AvgIpc) is 2.62. The molecule has 4 rings (SSSR count). The lowest BCUT2D eigenvalue weighted by atomic mass is 10.2. The summed E-state index contributed by atoms with van der Waals surface area (Å²) in [7, 11) is 0. The smallest absolute Gasteiger partial charge is 0.361 e. The van der Waals surface area contributed by atoms with Crippen LogP contribution in [0.4, 0.5) is 0 Å². The summed E-state index contributed by atoms with van der Waals surface area (Å²) in [6, 6.07) is 18.0. The molecular weight excluding hydrogens is 455 g/mol. The molecule has 0 saturated heterocycles. The second-order valence-corrected chi connectivity index (χ2v) is 7.69. The zero-order valence-corrected chi connectivity index (χ0v) is 15.7. The van der Waals surface area contributed by atoms with E-state index in [4.69, 9.17) is 11.6 Å². The van der Waals surface area contributed by atoms with Crippen LogP contribution in [0.2, 0.25) is 5.02 Å². The summed E-state index contributed by atoms with van der Waals surface area (Å²) in [5.74, 6) is 0.239. The van der Waals surface area contributed by atoms with Crippen LogP contribution in [0, 0.1) is 3.70 Å². The minimum atomic E-state index is -3.58. The third-order valence-corrected chi connectivity index (χ3v) is 5.66. The van der Waals surface area contributed by atoms with Gasteiger partial charge in [-0.25, -0.2) is 11.1 Å². The van der Waals surface area contributed by atoms with E-state index < -0.39 is 19.8 Å². The Morgan fingerprint density at radius 2 is 1.64 bits per heavy atom. The molecular formula is C18H12ClIN2O3. The number of hydrogen-bond acceptors (Lipinski definition) is 5. The number of rotatable bonds is 1. The maximum absolute atomic E-state index is 10.8. The van der Waals surface area contributed by atoms with Gasteiger partial charge in [0, 0.05) is 17.0 Å². The first-order valence-electron chi connectivity index (χ1n) is 7.19. The van der Waals surface area contributed by atoms with E-state index in [2.05, 4.69) is 9.97 Å². The molecule has 0 unspecified atom stereocenters. The van der Waals surface area contributed by atoms with E-state index in [1.54, 1.807) is 36.5 Å². The molecule has 2 aromatic carbocycles. The van der Waals surface area contributed by atoms with E-state index in [0.717, 1.165) is 10.8 Å². The van der Waals surface area contributed by atoms with Crippen LogP contribution >= 0.6 is 31.4 Å². The van der Waals surface area contributed by atoms with Crippen molar-refractivity contribution in [2.75, 3.05) is 0 Å². The zero-order chi connectivity index (χ0) is 17.8. The fourth-order valence-electron chi connectivity index (χ4n) is 2.26. The Bertz CT molecular complexity index is 1120. The van der Waals surface area contributed by atoms with Gasteiger partial charge in [0.05, 0.1) is 10.5 Å². The zero-order valence-electron chi connectivity index (χ0n) is 12.8. The number of para-hydroxylation sites is 2. The highest BCUT2D eigenvalue weighted by atomic mass is 127. The maximum atomic E-state index is 10.8. The first kappa shape index (κ1) is 17.5. The average molecular weight is 467 g/mol. The molecule has 0 bridgehead atoms. The molecule has 0 radical (unpaired) electrons. The molecule has 2 aromatic heterocycles. The molecule has 126 valence electrons. The van der Waals surface area contributed by atoms with Gasteiger partial charge in [-0.1, -0.05) is 48.0 Å². The van der Waals surface area contributed by atoms with Crippen molar-refractivity contribution >= 4 is 53.2 Å². The molecule has 1 N–H and O–H groups in total. The van der Waals surface area contributed by atoms with Gasteiger partial charge in [-0.05, 0) is 24.3 Å². The van der Waals surface area contributed by atoms with Crippen LogP contribution in [-0.2, 0) is 6.14 Å². The molecule has 0 aliphatic rings. The number of phenolic OH excluding ortho intramolecular Hbond substituents is 1. The summed E-state index contributed by atoms with van der Waals surface area (Å²) in [5.41, 5.74) is 1.32. The van der Waals surface area contributed by atoms with Crippen molar-refractivity contribution in [3.8, 4) is 5.75 Å². The van der Waals surface area contributed by atoms with Crippen molar-refractivity contribution in [2.45, 2.75) is 0 Å². The van der Waals surface area contributed by atoms with Gasteiger partial charge in [-0.15, -0.1) is 0 Å². The first-order chi connectivity index (χ1) is 12.1. The van der Waals surface area contributed by atoms with Crippen LogP contribution < -0.4 is 0 Å². The molecule has 0 amide bonds. The topological polar surface area (TPSA) is 80.2 Å². The normalized spacial score (nSPS) is 10.6.